The van der Waals surface area contributed by atoms with Crippen molar-refractivity contribution >= 4 is 17.5 Å². The number of carbonyl (C=O) groups is 1. The summed E-state index contributed by atoms with van der Waals surface area (Å²) in [6, 6.07) is 11.3. The number of nitrogens with zero attached hydrogens (tertiary/aromatic N) is 4. The van der Waals surface area contributed by atoms with Crippen LogP contribution in [0.2, 0.25) is 0 Å². The quantitative estimate of drug-likeness (QED) is 0.920. The summed E-state index contributed by atoms with van der Waals surface area (Å²) in [5.74, 6) is 0.784. The molecule has 0 saturated carbocycles. The van der Waals surface area contributed by atoms with E-state index in [9.17, 15) is 4.79 Å². The van der Waals surface area contributed by atoms with Crippen LogP contribution in [0.25, 0.3) is 0 Å². The zero-order valence-electron chi connectivity index (χ0n) is 12.4. The third-order valence-corrected chi connectivity index (χ3v) is 3.63. The van der Waals surface area contributed by atoms with Crippen LogP contribution in [0.15, 0.2) is 48.8 Å². The molecule has 1 aliphatic heterocycles. The number of carbonyl (C=O) groups excluding carboxylic acids is 1. The standard InChI is InChI=1S/C16H19N5O/c22-15(19-14-5-2-1-3-6-14)13-20-9-11-21(12-10-20)16-17-7-4-8-18-16/h1-8H,9-13H2,(H,19,22). The number of hydrogen-bond acceptors (Lipinski definition) is 5. The number of nitrogens with one attached hydrogen (secondary N) is 1. The summed E-state index contributed by atoms with van der Waals surface area (Å²) in [6.07, 6.45) is 3.50. The first-order valence-electron chi connectivity index (χ1n) is 7.40. The Morgan fingerprint density at radius 2 is 1.68 bits per heavy atom. The van der Waals surface area contributed by atoms with Gasteiger partial charge in [0.15, 0.2) is 0 Å². The van der Waals surface area contributed by atoms with Crippen LogP contribution in [0.3, 0.4) is 0 Å². The fourth-order valence-electron chi connectivity index (χ4n) is 2.49. The predicted octanol–water partition coefficient (Wildman–Crippen LogP) is 1.24. The van der Waals surface area contributed by atoms with E-state index in [0.29, 0.717) is 6.54 Å². The summed E-state index contributed by atoms with van der Waals surface area (Å²) in [6.45, 7) is 3.75. The largest absolute Gasteiger partial charge is 0.338 e. The molecule has 22 heavy (non-hydrogen) atoms. The molecule has 1 aromatic heterocycles. The lowest BCUT2D eigenvalue weighted by Crippen LogP contribution is -2.49. The van der Waals surface area contributed by atoms with Gasteiger partial charge >= 0.3 is 0 Å². The zero-order chi connectivity index (χ0) is 15.2. The molecular formula is C16H19N5O. The number of para-hydroxylation sites is 1. The van der Waals surface area contributed by atoms with Gasteiger partial charge in [0.2, 0.25) is 11.9 Å². The second-order valence-electron chi connectivity index (χ2n) is 5.23. The number of anilines is 2. The smallest absolute Gasteiger partial charge is 0.238 e. The molecule has 1 N–H and O–H groups in total. The predicted molar refractivity (Wildman–Crippen MR) is 85.8 cm³/mol. The van der Waals surface area contributed by atoms with E-state index < -0.39 is 0 Å². The second-order valence-corrected chi connectivity index (χ2v) is 5.23. The van der Waals surface area contributed by atoms with Crippen molar-refractivity contribution in [3.63, 3.8) is 0 Å². The number of rotatable bonds is 4. The summed E-state index contributed by atoms with van der Waals surface area (Å²) in [4.78, 5) is 24.9. The molecule has 0 spiro atoms. The molecule has 2 aromatic rings. The van der Waals surface area contributed by atoms with E-state index in [1.54, 1.807) is 12.4 Å². The summed E-state index contributed by atoms with van der Waals surface area (Å²) in [7, 11) is 0. The maximum Gasteiger partial charge on any atom is 0.238 e. The number of piperazine rings is 1. The number of hydrogen-bond donors (Lipinski definition) is 1. The van der Waals surface area contributed by atoms with Gasteiger partial charge in [0.25, 0.3) is 0 Å². The fourth-order valence-corrected chi connectivity index (χ4v) is 2.49. The van der Waals surface area contributed by atoms with Crippen molar-refractivity contribution < 1.29 is 4.79 Å². The maximum atomic E-state index is 12.0. The average molecular weight is 297 g/mol. The van der Waals surface area contributed by atoms with Crippen LogP contribution in [-0.4, -0.2) is 53.5 Å². The first-order chi connectivity index (χ1) is 10.8. The molecule has 0 radical (unpaired) electrons. The first-order valence-corrected chi connectivity index (χ1v) is 7.40. The van der Waals surface area contributed by atoms with E-state index in [-0.39, 0.29) is 5.91 Å². The van der Waals surface area contributed by atoms with Crippen LogP contribution in [0, 0.1) is 0 Å². The molecule has 0 atom stereocenters. The summed E-state index contributed by atoms with van der Waals surface area (Å²) < 4.78 is 0. The molecule has 1 aliphatic rings. The van der Waals surface area contributed by atoms with Gasteiger partial charge in [-0.15, -0.1) is 0 Å². The molecule has 6 nitrogen and oxygen atoms in total. The van der Waals surface area contributed by atoms with E-state index >= 15 is 0 Å². The van der Waals surface area contributed by atoms with Gasteiger partial charge in [0.1, 0.15) is 0 Å². The number of amides is 1. The third-order valence-electron chi connectivity index (χ3n) is 3.63. The number of benzene rings is 1. The van der Waals surface area contributed by atoms with Crippen LogP contribution in [0.4, 0.5) is 11.6 Å². The van der Waals surface area contributed by atoms with Crippen LogP contribution in [0.5, 0.6) is 0 Å². The van der Waals surface area contributed by atoms with Crippen LogP contribution < -0.4 is 10.2 Å². The van der Waals surface area contributed by atoms with Crippen LogP contribution in [0.1, 0.15) is 0 Å². The molecule has 0 unspecified atom stereocenters. The van der Waals surface area contributed by atoms with Crippen molar-refractivity contribution in [3.05, 3.63) is 48.8 Å². The molecule has 1 aromatic carbocycles. The van der Waals surface area contributed by atoms with Crippen molar-refractivity contribution in [1.82, 2.24) is 14.9 Å². The highest BCUT2D eigenvalue weighted by Crippen LogP contribution is 2.10. The Labute approximate surface area is 129 Å². The summed E-state index contributed by atoms with van der Waals surface area (Å²) in [5, 5.41) is 2.91. The lowest BCUT2D eigenvalue weighted by molar-refractivity contribution is -0.117. The van der Waals surface area contributed by atoms with Gasteiger partial charge in [-0.1, -0.05) is 18.2 Å². The Kier molecular flexibility index (Phi) is 4.60. The van der Waals surface area contributed by atoms with E-state index in [1.807, 2.05) is 36.4 Å². The lowest BCUT2D eigenvalue weighted by atomic mass is 10.3. The Morgan fingerprint density at radius 3 is 2.36 bits per heavy atom. The monoisotopic (exact) mass is 297 g/mol. The fraction of sp³-hybridized carbons (Fsp3) is 0.312. The van der Waals surface area contributed by atoms with Crippen molar-refractivity contribution in [2.75, 3.05) is 42.9 Å². The summed E-state index contributed by atoms with van der Waals surface area (Å²) in [5.41, 5.74) is 0.837. The zero-order valence-corrected chi connectivity index (χ0v) is 12.4. The van der Waals surface area contributed by atoms with Gasteiger partial charge in [0.05, 0.1) is 6.54 Å². The number of aromatic nitrogens is 2. The summed E-state index contributed by atoms with van der Waals surface area (Å²) >= 11 is 0. The van der Waals surface area contributed by atoms with Gasteiger partial charge in [-0.05, 0) is 18.2 Å². The topological polar surface area (TPSA) is 61.4 Å². The lowest BCUT2D eigenvalue weighted by Gasteiger charge is -2.34. The van der Waals surface area contributed by atoms with Crippen LogP contribution >= 0.6 is 0 Å². The molecule has 0 aliphatic carbocycles. The highest BCUT2D eigenvalue weighted by molar-refractivity contribution is 5.92. The van der Waals surface area contributed by atoms with Gasteiger partial charge in [-0.3, -0.25) is 9.69 Å². The van der Waals surface area contributed by atoms with E-state index in [4.69, 9.17) is 0 Å². The van der Waals surface area contributed by atoms with Crippen molar-refractivity contribution in [3.8, 4) is 0 Å². The van der Waals surface area contributed by atoms with Crippen molar-refractivity contribution in [2.24, 2.45) is 0 Å². The molecule has 1 fully saturated rings. The normalized spacial score (nSPS) is 15.5. The molecule has 6 heteroatoms. The minimum absolute atomic E-state index is 0.0237. The molecule has 2 heterocycles. The molecule has 114 valence electrons. The third kappa shape index (κ3) is 3.79. The minimum atomic E-state index is 0.0237. The van der Waals surface area contributed by atoms with Gasteiger partial charge < -0.3 is 10.2 Å². The molecule has 3 rings (SSSR count). The molecule has 1 saturated heterocycles. The van der Waals surface area contributed by atoms with Gasteiger partial charge in [-0.2, -0.15) is 0 Å². The Morgan fingerprint density at radius 1 is 1.00 bits per heavy atom. The Hall–Kier alpha value is -2.47. The Bertz CT molecular complexity index is 596. The second kappa shape index (κ2) is 7.00. The van der Waals surface area contributed by atoms with E-state index in [1.165, 1.54) is 0 Å². The molecule has 0 bridgehead atoms. The van der Waals surface area contributed by atoms with Crippen LogP contribution in [-0.2, 0) is 4.79 Å². The Balaban J connectivity index is 1.47. The maximum absolute atomic E-state index is 12.0. The average Bonchev–Trinajstić information content (AvgIpc) is 2.57. The van der Waals surface area contributed by atoms with Gasteiger partial charge in [-0.25, -0.2) is 9.97 Å². The van der Waals surface area contributed by atoms with E-state index in [0.717, 1.165) is 37.8 Å². The van der Waals surface area contributed by atoms with Crippen molar-refractivity contribution in [2.45, 2.75) is 0 Å². The van der Waals surface area contributed by atoms with Gasteiger partial charge in [0, 0.05) is 44.3 Å². The SMILES string of the molecule is O=C(CN1CCN(c2ncccn2)CC1)Nc1ccccc1. The van der Waals surface area contributed by atoms with E-state index in [2.05, 4.69) is 25.1 Å². The van der Waals surface area contributed by atoms with Crippen molar-refractivity contribution in [1.29, 1.82) is 0 Å². The molecular weight excluding hydrogens is 278 g/mol. The first kappa shape index (κ1) is 14.5. The highest BCUT2D eigenvalue weighted by atomic mass is 16.2. The highest BCUT2D eigenvalue weighted by Gasteiger charge is 2.20. The minimum Gasteiger partial charge on any atom is -0.338 e. The molecule has 1 amide bonds.